The second-order valence-corrected chi connectivity index (χ2v) is 6.09. The van der Waals surface area contributed by atoms with Crippen molar-refractivity contribution in [3.8, 4) is 0 Å². The highest BCUT2D eigenvalue weighted by Crippen LogP contribution is 2.25. The van der Waals surface area contributed by atoms with E-state index in [1.807, 2.05) is 43.3 Å². The molecule has 23 heavy (non-hydrogen) atoms. The highest BCUT2D eigenvalue weighted by Gasteiger charge is 2.20. The molecule has 0 radical (unpaired) electrons. The molecule has 1 aliphatic rings. The van der Waals surface area contributed by atoms with Crippen molar-refractivity contribution in [2.75, 3.05) is 10.6 Å². The van der Waals surface area contributed by atoms with Gasteiger partial charge in [0.05, 0.1) is 5.69 Å². The number of aromatic nitrogens is 2. The van der Waals surface area contributed by atoms with E-state index in [4.69, 9.17) is 0 Å². The first-order valence-electron chi connectivity index (χ1n) is 8.19. The lowest BCUT2D eigenvalue weighted by Gasteiger charge is -2.20. The Morgan fingerprint density at radius 3 is 2.30 bits per heavy atom. The Hall–Kier alpha value is -2.43. The van der Waals surface area contributed by atoms with Crippen LogP contribution in [-0.4, -0.2) is 16.1 Å². The summed E-state index contributed by atoms with van der Waals surface area (Å²) in [7, 11) is 0. The van der Waals surface area contributed by atoms with Crippen LogP contribution in [0.2, 0.25) is 0 Å². The number of hydrogen-bond donors (Lipinski definition) is 2. The van der Waals surface area contributed by atoms with Crippen molar-refractivity contribution in [2.24, 2.45) is 5.92 Å². The highest BCUT2D eigenvalue weighted by molar-refractivity contribution is 5.92. The van der Waals surface area contributed by atoms with Crippen LogP contribution >= 0.6 is 0 Å². The van der Waals surface area contributed by atoms with E-state index in [0.717, 1.165) is 29.9 Å². The van der Waals surface area contributed by atoms with Crippen LogP contribution in [0.4, 0.5) is 17.2 Å². The second kappa shape index (κ2) is 7.22. The van der Waals surface area contributed by atoms with Gasteiger partial charge >= 0.3 is 0 Å². The molecule has 1 aromatic heterocycles. The van der Waals surface area contributed by atoms with Crippen LogP contribution in [0.15, 0.2) is 36.4 Å². The first-order valence-corrected chi connectivity index (χ1v) is 8.19. The molecule has 1 saturated carbocycles. The molecule has 0 spiro atoms. The van der Waals surface area contributed by atoms with E-state index in [0.29, 0.717) is 5.82 Å². The number of aryl methyl sites for hydroxylation is 1. The summed E-state index contributed by atoms with van der Waals surface area (Å²) < 4.78 is 0. The summed E-state index contributed by atoms with van der Waals surface area (Å²) >= 11 is 0. The first kappa shape index (κ1) is 15.5. The number of rotatable bonds is 4. The van der Waals surface area contributed by atoms with Gasteiger partial charge in [-0.2, -0.15) is 5.10 Å². The quantitative estimate of drug-likeness (QED) is 0.894. The van der Waals surface area contributed by atoms with Crippen LogP contribution < -0.4 is 10.6 Å². The fourth-order valence-corrected chi connectivity index (χ4v) is 2.86. The summed E-state index contributed by atoms with van der Waals surface area (Å²) in [5.74, 6) is 1.02. The Morgan fingerprint density at radius 1 is 0.957 bits per heavy atom. The second-order valence-electron chi connectivity index (χ2n) is 6.09. The minimum Gasteiger partial charge on any atom is -0.339 e. The molecule has 0 unspecified atom stereocenters. The lowest BCUT2D eigenvalue weighted by Crippen LogP contribution is -2.24. The maximum Gasteiger partial charge on any atom is 0.227 e. The predicted molar refractivity (Wildman–Crippen MR) is 91.7 cm³/mol. The molecule has 0 saturated heterocycles. The summed E-state index contributed by atoms with van der Waals surface area (Å²) in [6.07, 6.45) is 5.61. The molecule has 0 aliphatic heterocycles. The van der Waals surface area contributed by atoms with E-state index in [-0.39, 0.29) is 11.8 Å². The van der Waals surface area contributed by atoms with Crippen molar-refractivity contribution in [2.45, 2.75) is 39.0 Å². The standard InChI is InChI=1S/C18H22N4O/c1-13-7-12-17(22-21-13)19-15-8-10-16(11-9-15)20-18(23)14-5-3-2-4-6-14/h7-12,14H,2-6H2,1H3,(H,19,22)(H,20,23). The molecule has 1 aliphatic carbocycles. The van der Waals surface area contributed by atoms with Crippen molar-refractivity contribution in [3.05, 3.63) is 42.1 Å². The van der Waals surface area contributed by atoms with E-state index in [1.165, 1.54) is 19.3 Å². The minimum absolute atomic E-state index is 0.148. The lowest BCUT2D eigenvalue weighted by molar-refractivity contribution is -0.120. The van der Waals surface area contributed by atoms with Gasteiger partial charge in [0.1, 0.15) is 0 Å². The number of amides is 1. The number of carbonyl (C=O) groups excluding carboxylic acids is 1. The Kier molecular flexibility index (Phi) is 4.86. The van der Waals surface area contributed by atoms with Crippen molar-refractivity contribution in [3.63, 3.8) is 0 Å². The Bertz CT molecular complexity index is 646. The molecule has 5 heteroatoms. The van der Waals surface area contributed by atoms with Crippen LogP contribution in [-0.2, 0) is 4.79 Å². The summed E-state index contributed by atoms with van der Waals surface area (Å²) in [6.45, 7) is 1.90. The van der Waals surface area contributed by atoms with E-state index in [2.05, 4.69) is 20.8 Å². The van der Waals surface area contributed by atoms with Gasteiger partial charge < -0.3 is 10.6 Å². The summed E-state index contributed by atoms with van der Waals surface area (Å²) in [6, 6.07) is 11.5. The minimum atomic E-state index is 0.148. The maximum atomic E-state index is 12.2. The van der Waals surface area contributed by atoms with Gasteiger partial charge in [-0.3, -0.25) is 4.79 Å². The van der Waals surface area contributed by atoms with E-state index in [1.54, 1.807) is 0 Å². The molecule has 2 aromatic rings. The lowest BCUT2D eigenvalue weighted by atomic mass is 9.88. The van der Waals surface area contributed by atoms with Crippen LogP contribution in [0.1, 0.15) is 37.8 Å². The third-order valence-electron chi connectivity index (χ3n) is 4.20. The van der Waals surface area contributed by atoms with Crippen molar-refractivity contribution in [1.82, 2.24) is 10.2 Å². The summed E-state index contributed by atoms with van der Waals surface area (Å²) in [5.41, 5.74) is 2.64. The van der Waals surface area contributed by atoms with Gasteiger partial charge in [-0.05, 0) is 56.2 Å². The number of nitrogens with one attached hydrogen (secondary N) is 2. The van der Waals surface area contributed by atoms with Crippen LogP contribution in [0.25, 0.3) is 0 Å². The van der Waals surface area contributed by atoms with Gasteiger partial charge in [0.15, 0.2) is 5.82 Å². The third kappa shape index (κ3) is 4.28. The number of carbonyl (C=O) groups is 1. The fourth-order valence-electron chi connectivity index (χ4n) is 2.86. The van der Waals surface area contributed by atoms with Gasteiger partial charge in [-0.15, -0.1) is 5.10 Å². The van der Waals surface area contributed by atoms with Gasteiger partial charge in [0.25, 0.3) is 0 Å². The normalized spacial score (nSPS) is 15.2. The molecule has 0 atom stereocenters. The average molecular weight is 310 g/mol. The zero-order valence-electron chi connectivity index (χ0n) is 13.4. The molecule has 1 heterocycles. The van der Waals surface area contributed by atoms with Crippen molar-refractivity contribution in [1.29, 1.82) is 0 Å². The number of nitrogens with zero attached hydrogens (tertiary/aromatic N) is 2. The SMILES string of the molecule is Cc1ccc(Nc2ccc(NC(=O)C3CCCCC3)cc2)nn1. The van der Waals surface area contributed by atoms with Gasteiger partial charge in [-0.25, -0.2) is 0 Å². The smallest absolute Gasteiger partial charge is 0.227 e. The van der Waals surface area contributed by atoms with Gasteiger partial charge in [0.2, 0.25) is 5.91 Å². The predicted octanol–water partition coefficient (Wildman–Crippen LogP) is 4.05. The maximum absolute atomic E-state index is 12.2. The molecule has 1 aromatic carbocycles. The largest absolute Gasteiger partial charge is 0.339 e. The third-order valence-corrected chi connectivity index (χ3v) is 4.20. The number of anilines is 3. The zero-order chi connectivity index (χ0) is 16.1. The summed E-state index contributed by atoms with van der Waals surface area (Å²) in [5, 5.41) is 14.3. The molecule has 1 amide bonds. The topological polar surface area (TPSA) is 66.9 Å². The van der Waals surface area contributed by atoms with E-state index >= 15 is 0 Å². The Morgan fingerprint density at radius 2 is 1.65 bits per heavy atom. The van der Waals surface area contributed by atoms with Crippen molar-refractivity contribution < 1.29 is 4.79 Å². The van der Waals surface area contributed by atoms with Crippen LogP contribution in [0, 0.1) is 12.8 Å². The highest BCUT2D eigenvalue weighted by atomic mass is 16.1. The van der Waals surface area contributed by atoms with Crippen LogP contribution in [0.3, 0.4) is 0 Å². The molecule has 5 nitrogen and oxygen atoms in total. The molecule has 3 rings (SSSR count). The fraction of sp³-hybridized carbons (Fsp3) is 0.389. The molecular weight excluding hydrogens is 288 g/mol. The number of hydrogen-bond acceptors (Lipinski definition) is 4. The van der Waals surface area contributed by atoms with E-state index < -0.39 is 0 Å². The molecule has 2 N–H and O–H groups in total. The van der Waals surface area contributed by atoms with E-state index in [9.17, 15) is 4.79 Å². The zero-order valence-corrected chi connectivity index (χ0v) is 13.4. The number of benzene rings is 1. The Labute approximate surface area is 136 Å². The van der Waals surface area contributed by atoms with Gasteiger partial charge in [0, 0.05) is 17.3 Å². The van der Waals surface area contributed by atoms with Crippen molar-refractivity contribution >= 4 is 23.1 Å². The first-order chi connectivity index (χ1) is 11.2. The molecule has 0 bridgehead atoms. The average Bonchev–Trinajstić information content (AvgIpc) is 2.59. The van der Waals surface area contributed by atoms with Crippen LogP contribution in [0.5, 0.6) is 0 Å². The molecule has 120 valence electrons. The molecular formula is C18H22N4O. The Balaban J connectivity index is 1.58. The molecule has 1 fully saturated rings. The monoisotopic (exact) mass is 310 g/mol. The summed E-state index contributed by atoms with van der Waals surface area (Å²) in [4.78, 5) is 12.2. The van der Waals surface area contributed by atoms with Gasteiger partial charge in [-0.1, -0.05) is 19.3 Å².